The summed E-state index contributed by atoms with van der Waals surface area (Å²) >= 11 is 1.45. The van der Waals surface area contributed by atoms with Crippen LogP contribution in [0.3, 0.4) is 0 Å². The third-order valence-corrected chi connectivity index (χ3v) is 5.58. The second-order valence-corrected chi connectivity index (χ2v) is 8.04. The van der Waals surface area contributed by atoms with Crippen LogP contribution in [0.2, 0.25) is 0 Å². The maximum atomic E-state index is 13.1. The number of aliphatic hydroxyl groups excluding tert-OH is 1. The minimum atomic E-state index is -0.827. The van der Waals surface area contributed by atoms with Crippen LogP contribution in [0, 0.1) is 13.8 Å². The summed E-state index contributed by atoms with van der Waals surface area (Å²) < 4.78 is 7.18. The number of rotatable bonds is 6. The monoisotopic (exact) mass is 406 g/mol. The summed E-state index contributed by atoms with van der Waals surface area (Å²) in [6.45, 7) is 4.23. The van der Waals surface area contributed by atoms with Crippen LogP contribution in [0.5, 0.6) is 5.75 Å². The third kappa shape index (κ3) is 4.23. The molecule has 148 valence electrons. The first-order valence-corrected chi connectivity index (χ1v) is 10.3. The van der Waals surface area contributed by atoms with E-state index in [-0.39, 0.29) is 18.7 Å². The summed E-state index contributed by atoms with van der Waals surface area (Å²) in [7, 11) is 0. The van der Waals surface area contributed by atoms with Gasteiger partial charge in [-0.2, -0.15) is 0 Å². The normalized spacial score (nSPS) is 12.2. The van der Waals surface area contributed by atoms with Crippen molar-refractivity contribution in [3.05, 3.63) is 81.7 Å². The van der Waals surface area contributed by atoms with Crippen molar-refractivity contribution < 1.29 is 9.84 Å². The first-order valence-electron chi connectivity index (χ1n) is 9.42. The van der Waals surface area contributed by atoms with Crippen molar-refractivity contribution in [2.75, 3.05) is 6.61 Å². The summed E-state index contributed by atoms with van der Waals surface area (Å²) in [5.41, 5.74) is 3.91. The molecule has 0 spiro atoms. The number of aliphatic hydroxyl groups is 1. The van der Waals surface area contributed by atoms with Crippen LogP contribution in [-0.4, -0.2) is 27.4 Å². The quantitative estimate of drug-likeness (QED) is 0.522. The van der Waals surface area contributed by atoms with Crippen molar-refractivity contribution >= 4 is 21.6 Å². The number of hydrogen-bond acceptors (Lipinski definition) is 5. The van der Waals surface area contributed by atoms with Gasteiger partial charge in [0.2, 0.25) is 0 Å². The van der Waals surface area contributed by atoms with Crippen LogP contribution in [0.1, 0.15) is 11.1 Å². The zero-order valence-corrected chi connectivity index (χ0v) is 17.1. The van der Waals surface area contributed by atoms with Crippen molar-refractivity contribution in [1.29, 1.82) is 0 Å². The van der Waals surface area contributed by atoms with E-state index in [0.717, 1.165) is 22.3 Å². The van der Waals surface area contributed by atoms with E-state index in [1.807, 2.05) is 61.7 Å². The standard InChI is InChI=1S/C23H22N2O3S/c1-15-8-16(2)10-19(9-15)28-12-18(26)11-25-14-24-22-21(23(25)27)20(13-29-22)17-6-4-3-5-7-17/h3-10,13-14,18,26H,11-12H2,1-2H3/t18-/m0/s1. The molecule has 0 aliphatic carbocycles. The number of benzene rings is 2. The van der Waals surface area contributed by atoms with Gasteiger partial charge in [0.25, 0.3) is 5.56 Å². The molecule has 0 aliphatic heterocycles. The largest absolute Gasteiger partial charge is 0.491 e. The Kier molecular flexibility index (Phi) is 5.47. The van der Waals surface area contributed by atoms with Gasteiger partial charge >= 0.3 is 0 Å². The van der Waals surface area contributed by atoms with Crippen LogP contribution in [-0.2, 0) is 6.54 Å². The molecular weight excluding hydrogens is 384 g/mol. The fraction of sp³-hybridized carbons (Fsp3) is 0.217. The fourth-order valence-corrected chi connectivity index (χ4v) is 4.32. The van der Waals surface area contributed by atoms with Gasteiger partial charge in [-0.25, -0.2) is 4.98 Å². The molecule has 0 unspecified atom stereocenters. The molecule has 0 amide bonds. The molecular formula is C23H22N2O3S. The smallest absolute Gasteiger partial charge is 0.262 e. The van der Waals surface area contributed by atoms with Crippen molar-refractivity contribution in [3.8, 4) is 16.9 Å². The number of ether oxygens (including phenoxy) is 1. The Hall–Kier alpha value is -2.96. The summed E-state index contributed by atoms with van der Waals surface area (Å²) in [5, 5.41) is 13.0. The van der Waals surface area contributed by atoms with Crippen molar-refractivity contribution in [2.45, 2.75) is 26.5 Å². The van der Waals surface area contributed by atoms with Gasteiger partial charge in [-0.3, -0.25) is 9.36 Å². The van der Waals surface area contributed by atoms with E-state index in [1.54, 1.807) is 0 Å². The number of aryl methyl sites for hydroxylation is 2. The third-order valence-electron chi connectivity index (χ3n) is 4.69. The van der Waals surface area contributed by atoms with E-state index in [2.05, 4.69) is 11.1 Å². The molecule has 2 aromatic carbocycles. The van der Waals surface area contributed by atoms with Gasteiger partial charge in [0.1, 0.15) is 23.3 Å². The number of hydrogen-bond donors (Lipinski definition) is 1. The maximum Gasteiger partial charge on any atom is 0.262 e. The molecule has 1 N–H and O–H groups in total. The second kappa shape index (κ2) is 8.19. The van der Waals surface area contributed by atoms with E-state index in [9.17, 15) is 9.90 Å². The van der Waals surface area contributed by atoms with E-state index in [4.69, 9.17) is 4.74 Å². The minimum absolute atomic E-state index is 0.0998. The molecule has 2 aromatic heterocycles. The predicted molar refractivity (Wildman–Crippen MR) is 117 cm³/mol. The molecule has 4 aromatic rings. The highest BCUT2D eigenvalue weighted by Gasteiger charge is 2.15. The van der Waals surface area contributed by atoms with Gasteiger partial charge < -0.3 is 9.84 Å². The number of thiophene rings is 1. The first-order chi connectivity index (χ1) is 14.0. The summed E-state index contributed by atoms with van der Waals surface area (Å²) in [5.74, 6) is 0.715. The molecule has 0 saturated carbocycles. The zero-order chi connectivity index (χ0) is 20.4. The molecule has 0 aliphatic rings. The summed E-state index contributed by atoms with van der Waals surface area (Å²) in [6, 6.07) is 15.7. The Morgan fingerprint density at radius 1 is 1.14 bits per heavy atom. The highest BCUT2D eigenvalue weighted by atomic mass is 32.1. The average molecular weight is 407 g/mol. The van der Waals surface area contributed by atoms with Gasteiger partial charge in [-0.15, -0.1) is 11.3 Å². The highest BCUT2D eigenvalue weighted by molar-refractivity contribution is 7.17. The maximum absolute atomic E-state index is 13.1. The SMILES string of the molecule is Cc1cc(C)cc(OC[C@@H](O)Cn2cnc3scc(-c4ccccc4)c3c2=O)c1. The van der Waals surface area contributed by atoms with Crippen LogP contribution < -0.4 is 10.3 Å². The fourth-order valence-electron chi connectivity index (χ4n) is 3.42. The lowest BCUT2D eigenvalue weighted by Crippen LogP contribution is -2.30. The molecule has 29 heavy (non-hydrogen) atoms. The van der Waals surface area contributed by atoms with E-state index >= 15 is 0 Å². The Balaban J connectivity index is 1.55. The number of fused-ring (bicyclic) bond motifs is 1. The molecule has 4 rings (SSSR count). The van der Waals surface area contributed by atoms with Crippen molar-refractivity contribution in [3.63, 3.8) is 0 Å². The van der Waals surface area contributed by atoms with Crippen LogP contribution in [0.15, 0.2) is 65.0 Å². The van der Waals surface area contributed by atoms with E-state index < -0.39 is 6.10 Å². The summed E-state index contributed by atoms with van der Waals surface area (Å²) in [4.78, 5) is 18.2. The lowest BCUT2D eigenvalue weighted by atomic mass is 10.1. The molecule has 1 atom stereocenters. The molecule has 0 radical (unpaired) electrons. The van der Waals surface area contributed by atoms with Gasteiger partial charge in [0.05, 0.1) is 18.3 Å². The van der Waals surface area contributed by atoms with Gasteiger partial charge in [-0.05, 0) is 42.7 Å². The van der Waals surface area contributed by atoms with Crippen molar-refractivity contribution in [1.82, 2.24) is 9.55 Å². The molecule has 2 heterocycles. The number of aromatic nitrogens is 2. The highest BCUT2D eigenvalue weighted by Crippen LogP contribution is 2.30. The topological polar surface area (TPSA) is 64.3 Å². The van der Waals surface area contributed by atoms with Gasteiger partial charge in [-0.1, -0.05) is 36.4 Å². The average Bonchev–Trinajstić information content (AvgIpc) is 3.13. The van der Waals surface area contributed by atoms with Gasteiger partial charge in [0.15, 0.2) is 0 Å². The first kappa shape index (κ1) is 19.4. The molecule has 0 bridgehead atoms. The van der Waals surface area contributed by atoms with Crippen LogP contribution in [0.25, 0.3) is 21.3 Å². The Morgan fingerprint density at radius 3 is 2.59 bits per heavy atom. The molecule has 0 saturated heterocycles. The lowest BCUT2D eigenvalue weighted by Gasteiger charge is -2.14. The Morgan fingerprint density at radius 2 is 1.86 bits per heavy atom. The summed E-state index contributed by atoms with van der Waals surface area (Å²) in [6.07, 6.45) is 0.669. The Labute approximate surface area is 172 Å². The molecule has 0 fully saturated rings. The lowest BCUT2D eigenvalue weighted by molar-refractivity contribution is 0.0914. The molecule has 6 heteroatoms. The van der Waals surface area contributed by atoms with Gasteiger partial charge in [0, 0.05) is 10.9 Å². The number of nitrogens with zero attached hydrogens (tertiary/aromatic N) is 2. The van der Waals surface area contributed by atoms with Crippen molar-refractivity contribution in [2.24, 2.45) is 0 Å². The zero-order valence-electron chi connectivity index (χ0n) is 16.3. The van der Waals surface area contributed by atoms with Crippen LogP contribution in [0.4, 0.5) is 0 Å². The minimum Gasteiger partial charge on any atom is -0.491 e. The second-order valence-electron chi connectivity index (χ2n) is 7.19. The predicted octanol–water partition coefficient (Wildman–Crippen LogP) is 4.18. The Bertz CT molecular complexity index is 1180. The molecule has 5 nitrogen and oxygen atoms in total. The van der Waals surface area contributed by atoms with E-state index in [1.165, 1.54) is 22.2 Å². The van der Waals surface area contributed by atoms with E-state index in [0.29, 0.717) is 16.0 Å². The van der Waals surface area contributed by atoms with Crippen LogP contribution >= 0.6 is 11.3 Å².